The normalized spacial score (nSPS) is 17.4. The lowest BCUT2D eigenvalue weighted by Gasteiger charge is -2.14. The summed E-state index contributed by atoms with van der Waals surface area (Å²) in [5.41, 5.74) is 7.85. The molecule has 0 bridgehead atoms. The number of nitrogens with one attached hydrogen (secondary N) is 1. The Morgan fingerprint density at radius 2 is 2.30 bits per heavy atom. The number of carbonyl (C=O) groups excluding carboxylic acids is 1. The Bertz CT molecular complexity index is 493. The van der Waals surface area contributed by atoms with E-state index in [0.717, 1.165) is 12.0 Å². The summed E-state index contributed by atoms with van der Waals surface area (Å²) in [5, 5.41) is 12.7. The summed E-state index contributed by atoms with van der Waals surface area (Å²) >= 11 is 0. The van der Waals surface area contributed by atoms with Crippen LogP contribution in [0.2, 0.25) is 0 Å². The van der Waals surface area contributed by atoms with Gasteiger partial charge in [-0.05, 0) is 35.5 Å². The average molecular weight is 276 g/mol. The molecule has 1 aromatic rings. The lowest BCUT2D eigenvalue weighted by atomic mass is 9.79. The molecule has 108 valence electrons. The van der Waals surface area contributed by atoms with Gasteiger partial charge in [0.1, 0.15) is 0 Å². The lowest BCUT2D eigenvalue weighted by Crippen LogP contribution is -2.30. The van der Waals surface area contributed by atoms with Gasteiger partial charge in [0.05, 0.1) is 6.10 Å². The second-order valence-electron chi connectivity index (χ2n) is 5.60. The van der Waals surface area contributed by atoms with Crippen molar-refractivity contribution in [3.8, 4) is 0 Å². The first kappa shape index (κ1) is 14.9. The van der Waals surface area contributed by atoms with Crippen molar-refractivity contribution in [2.24, 2.45) is 5.92 Å². The van der Waals surface area contributed by atoms with Crippen molar-refractivity contribution in [1.82, 2.24) is 5.32 Å². The van der Waals surface area contributed by atoms with Crippen LogP contribution in [-0.2, 0) is 9.45 Å². The summed E-state index contributed by atoms with van der Waals surface area (Å²) in [7, 11) is -0.967. The van der Waals surface area contributed by atoms with Crippen LogP contribution in [0.3, 0.4) is 0 Å². The van der Waals surface area contributed by atoms with Crippen molar-refractivity contribution in [2.75, 3.05) is 12.3 Å². The summed E-state index contributed by atoms with van der Waals surface area (Å²) in [4.78, 5) is 11.7. The molecule has 2 rings (SSSR count). The molecular formula is C14H21BN2O3. The fourth-order valence-corrected chi connectivity index (χ4v) is 2.28. The first-order chi connectivity index (χ1) is 9.47. The van der Waals surface area contributed by atoms with Crippen LogP contribution in [0, 0.1) is 5.92 Å². The predicted molar refractivity (Wildman–Crippen MR) is 79.4 cm³/mol. The van der Waals surface area contributed by atoms with Crippen molar-refractivity contribution in [3.05, 3.63) is 23.8 Å². The number of hydrogen-bond donors (Lipinski definition) is 3. The largest absolute Gasteiger partial charge is 0.492 e. The minimum absolute atomic E-state index is 0.0145. The van der Waals surface area contributed by atoms with Gasteiger partial charge in [-0.25, -0.2) is 0 Å². The molecule has 1 amide bonds. The van der Waals surface area contributed by atoms with Crippen LogP contribution in [-0.4, -0.2) is 24.6 Å². The number of benzene rings is 1. The summed E-state index contributed by atoms with van der Waals surface area (Å²) in [6.07, 6.45) is 1.07. The van der Waals surface area contributed by atoms with Crippen molar-refractivity contribution in [3.63, 3.8) is 0 Å². The first-order valence-corrected chi connectivity index (χ1v) is 6.97. The quantitative estimate of drug-likeness (QED) is 0.542. The molecule has 0 saturated carbocycles. The highest BCUT2D eigenvalue weighted by Crippen LogP contribution is 2.23. The van der Waals surface area contributed by atoms with Crippen LogP contribution in [0.4, 0.5) is 5.69 Å². The summed E-state index contributed by atoms with van der Waals surface area (Å²) in [6.45, 7) is 4.54. The van der Waals surface area contributed by atoms with Gasteiger partial charge < -0.3 is 20.7 Å². The summed E-state index contributed by atoms with van der Waals surface area (Å²) in [5.74, 6) is 0.523. The Labute approximate surface area is 119 Å². The molecule has 0 fully saturated rings. The number of nitrogen functional groups attached to an aromatic ring is 1. The standard InChI is InChI=1S/C14H21BN2O3/c1-9(2)3-6-14(18)17-8-13-11-5-4-10(16)7-12(11)15(19)20-13/h4-5,7,9,13,19H,3,6,8,16H2,1-2H3,(H,17,18). The van der Waals surface area contributed by atoms with E-state index in [9.17, 15) is 9.82 Å². The number of hydrogen-bond acceptors (Lipinski definition) is 4. The molecule has 0 radical (unpaired) electrons. The number of nitrogens with two attached hydrogens (primary N) is 1. The van der Waals surface area contributed by atoms with Crippen molar-refractivity contribution in [2.45, 2.75) is 32.8 Å². The second-order valence-corrected chi connectivity index (χ2v) is 5.60. The zero-order valence-electron chi connectivity index (χ0n) is 11.9. The fourth-order valence-electron chi connectivity index (χ4n) is 2.28. The SMILES string of the molecule is CC(C)CCC(=O)NCC1OB(O)c2cc(N)ccc21. The van der Waals surface area contributed by atoms with Gasteiger partial charge in [0.25, 0.3) is 0 Å². The van der Waals surface area contributed by atoms with Gasteiger partial charge in [-0.3, -0.25) is 4.79 Å². The molecule has 20 heavy (non-hydrogen) atoms. The van der Waals surface area contributed by atoms with E-state index in [1.807, 2.05) is 6.07 Å². The third-order valence-corrected chi connectivity index (χ3v) is 3.45. The van der Waals surface area contributed by atoms with Crippen LogP contribution in [0.5, 0.6) is 0 Å². The Balaban J connectivity index is 1.91. The predicted octanol–water partition coefficient (Wildman–Crippen LogP) is 0.580. The smallest absolute Gasteiger partial charge is 0.423 e. The Kier molecular flexibility index (Phi) is 4.67. The Morgan fingerprint density at radius 3 is 3.00 bits per heavy atom. The van der Waals surface area contributed by atoms with Gasteiger partial charge in [0.2, 0.25) is 5.91 Å². The average Bonchev–Trinajstić information content (AvgIpc) is 2.70. The molecule has 4 N–H and O–H groups in total. The topological polar surface area (TPSA) is 84.6 Å². The molecule has 1 aromatic carbocycles. The maximum atomic E-state index is 11.7. The van der Waals surface area contributed by atoms with Gasteiger partial charge >= 0.3 is 7.12 Å². The molecule has 5 nitrogen and oxygen atoms in total. The van der Waals surface area contributed by atoms with Crippen LogP contribution >= 0.6 is 0 Å². The molecular weight excluding hydrogens is 255 g/mol. The summed E-state index contributed by atoms with van der Waals surface area (Å²) < 4.78 is 5.45. The van der Waals surface area contributed by atoms with Gasteiger partial charge in [0.15, 0.2) is 0 Å². The molecule has 0 spiro atoms. The lowest BCUT2D eigenvalue weighted by molar-refractivity contribution is -0.121. The van der Waals surface area contributed by atoms with Gasteiger partial charge in [-0.1, -0.05) is 19.9 Å². The third-order valence-electron chi connectivity index (χ3n) is 3.45. The van der Waals surface area contributed by atoms with Crippen molar-refractivity contribution >= 4 is 24.2 Å². The Hall–Kier alpha value is -1.53. The Morgan fingerprint density at radius 1 is 1.55 bits per heavy atom. The van der Waals surface area contributed by atoms with Crippen LogP contribution in [0.25, 0.3) is 0 Å². The minimum atomic E-state index is -0.967. The number of carbonyl (C=O) groups is 1. The van der Waals surface area contributed by atoms with Gasteiger partial charge in [0, 0.05) is 18.7 Å². The monoisotopic (exact) mass is 276 g/mol. The van der Waals surface area contributed by atoms with E-state index in [4.69, 9.17) is 10.4 Å². The van der Waals surface area contributed by atoms with Gasteiger partial charge in [-0.15, -0.1) is 0 Å². The van der Waals surface area contributed by atoms with Crippen LogP contribution < -0.4 is 16.5 Å². The third kappa shape index (κ3) is 3.52. The van der Waals surface area contributed by atoms with E-state index in [1.54, 1.807) is 12.1 Å². The highest BCUT2D eigenvalue weighted by Gasteiger charge is 2.35. The molecule has 0 aliphatic carbocycles. The zero-order chi connectivity index (χ0) is 14.7. The molecule has 1 aliphatic rings. The van der Waals surface area contributed by atoms with Crippen LogP contribution in [0.15, 0.2) is 18.2 Å². The number of rotatable bonds is 5. The number of amides is 1. The molecule has 0 saturated heterocycles. The highest BCUT2D eigenvalue weighted by atomic mass is 16.5. The molecule has 1 unspecified atom stereocenters. The summed E-state index contributed by atoms with van der Waals surface area (Å²) in [6, 6.07) is 5.32. The molecule has 0 aromatic heterocycles. The molecule has 1 atom stereocenters. The number of anilines is 1. The zero-order valence-corrected chi connectivity index (χ0v) is 11.9. The number of fused-ring (bicyclic) bond motifs is 1. The first-order valence-electron chi connectivity index (χ1n) is 6.97. The maximum Gasteiger partial charge on any atom is 0.492 e. The minimum Gasteiger partial charge on any atom is -0.423 e. The molecule has 1 heterocycles. The van der Waals surface area contributed by atoms with Crippen molar-refractivity contribution < 1.29 is 14.5 Å². The molecule has 6 heteroatoms. The van der Waals surface area contributed by atoms with E-state index < -0.39 is 7.12 Å². The second kappa shape index (κ2) is 6.28. The maximum absolute atomic E-state index is 11.7. The highest BCUT2D eigenvalue weighted by molar-refractivity contribution is 6.61. The van der Waals surface area contributed by atoms with E-state index in [1.165, 1.54) is 0 Å². The van der Waals surface area contributed by atoms with E-state index in [2.05, 4.69) is 19.2 Å². The molecule has 1 aliphatic heterocycles. The van der Waals surface area contributed by atoms with Crippen molar-refractivity contribution in [1.29, 1.82) is 0 Å². The van der Waals surface area contributed by atoms with Crippen LogP contribution in [0.1, 0.15) is 38.4 Å². The van der Waals surface area contributed by atoms with E-state index in [-0.39, 0.29) is 12.0 Å². The van der Waals surface area contributed by atoms with E-state index in [0.29, 0.717) is 30.0 Å². The van der Waals surface area contributed by atoms with Gasteiger partial charge in [-0.2, -0.15) is 0 Å². The van der Waals surface area contributed by atoms with E-state index >= 15 is 0 Å². The fraction of sp³-hybridized carbons (Fsp3) is 0.500.